The Morgan fingerprint density at radius 3 is 2.79 bits per heavy atom. The number of H-pyrrole nitrogens is 1. The van der Waals surface area contributed by atoms with Crippen molar-refractivity contribution in [1.29, 1.82) is 0 Å². The lowest BCUT2D eigenvalue weighted by Crippen LogP contribution is -2.33. The van der Waals surface area contributed by atoms with Gasteiger partial charge in [-0.1, -0.05) is 0 Å². The van der Waals surface area contributed by atoms with E-state index in [0.29, 0.717) is 24.2 Å². The number of esters is 1. The molecule has 24 heavy (non-hydrogen) atoms. The maximum absolute atomic E-state index is 12.2. The quantitative estimate of drug-likeness (QED) is 0.733. The molecule has 9 nitrogen and oxygen atoms in total. The van der Waals surface area contributed by atoms with Gasteiger partial charge in [0.15, 0.2) is 6.61 Å². The second-order valence-electron chi connectivity index (χ2n) is 5.18. The van der Waals surface area contributed by atoms with Crippen molar-refractivity contribution in [2.75, 3.05) is 18.1 Å². The molecule has 0 atom stereocenters. The van der Waals surface area contributed by atoms with Gasteiger partial charge >= 0.3 is 5.97 Å². The topological polar surface area (TPSA) is 135 Å². The van der Waals surface area contributed by atoms with E-state index in [1.54, 1.807) is 0 Å². The number of nitrogens with zero attached hydrogens (tertiary/aromatic N) is 2. The van der Waals surface area contributed by atoms with E-state index in [2.05, 4.69) is 10.2 Å². The molecule has 1 aromatic heterocycles. The molecule has 3 rings (SSSR count). The first kappa shape index (κ1) is 16.1. The van der Waals surface area contributed by atoms with Gasteiger partial charge in [-0.25, -0.2) is 18.4 Å². The summed E-state index contributed by atoms with van der Waals surface area (Å²) in [6.07, 6.45) is 1.90. The molecule has 0 bridgehead atoms. The van der Waals surface area contributed by atoms with Gasteiger partial charge in [-0.2, -0.15) is 5.10 Å². The number of primary sulfonamides is 1. The molecule has 0 saturated heterocycles. The Kier molecular flexibility index (Phi) is 4.08. The molecule has 1 aliphatic heterocycles. The molecular formula is C14H14N4O5S. The second kappa shape index (κ2) is 6.06. The molecular weight excluding hydrogens is 336 g/mol. The molecule has 2 aromatic rings. The van der Waals surface area contributed by atoms with Crippen molar-refractivity contribution in [3.8, 4) is 0 Å². The maximum atomic E-state index is 12.2. The van der Waals surface area contributed by atoms with Crippen molar-refractivity contribution in [2.45, 2.75) is 11.3 Å². The number of rotatable bonds is 4. The summed E-state index contributed by atoms with van der Waals surface area (Å²) < 4.78 is 27.7. The number of nitrogens with one attached hydrogen (secondary N) is 1. The van der Waals surface area contributed by atoms with E-state index in [-0.39, 0.29) is 10.6 Å². The molecule has 0 spiro atoms. The summed E-state index contributed by atoms with van der Waals surface area (Å²) >= 11 is 0. The fourth-order valence-corrected chi connectivity index (χ4v) is 3.03. The minimum atomic E-state index is -3.79. The standard InChI is InChI=1S/C14H14N4O5S/c15-24(21,22)10-1-2-12-9(7-10)4-6-18(12)13(19)8-23-14(20)11-3-5-16-17-11/h1-3,5,7H,4,6,8H2,(H,16,17)(H2,15,21,22). The Balaban J connectivity index is 1.69. The highest BCUT2D eigenvalue weighted by molar-refractivity contribution is 7.89. The van der Waals surface area contributed by atoms with Crippen molar-refractivity contribution < 1.29 is 22.7 Å². The van der Waals surface area contributed by atoms with E-state index in [0.717, 1.165) is 0 Å². The number of nitrogens with two attached hydrogens (primary N) is 1. The molecule has 10 heteroatoms. The third-order valence-corrected chi connectivity index (χ3v) is 4.53. The van der Waals surface area contributed by atoms with Crippen LogP contribution in [0.3, 0.4) is 0 Å². The second-order valence-corrected chi connectivity index (χ2v) is 6.74. The van der Waals surface area contributed by atoms with Crippen LogP contribution >= 0.6 is 0 Å². The molecule has 1 aliphatic rings. The largest absolute Gasteiger partial charge is 0.451 e. The van der Waals surface area contributed by atoms with E-state index in [4.69, 9.17) is 9.88 Å². The lowest BCUT2D eigenvalue weighted by molar-refractivity contribution is -0.121. The zero-order valence-corrected chi connectivity index (χ0v) is 13.2. The summed E-state index contributed by atoms with van der Waals surface area (Å²) in [5.41, 5.74) is 1.45. The van der Waals surface area contributed by atoms with Crippen molar-refractivity contribution in [1.82, 2.24) is 10.2 Å². The number of sulfonamides is 1. The number of amides is 1. The normalized spacial score (nSPS) is 13.6. The molecule has 3 N–H and O–H groups in total. The molecule has 1 aromatic carbocycles. The first-order chi connectivity index (χ1) is 11.4. The van der Waals surface area contributed by atoms with Crippen LogP contribution in [0.5, 0.6) is 0 Å². The molecule has 0 fully saturated rings. The van der Waals surface area contributed by atoms with Crippen molar-refractivity contribution >= 4 is 27.6 Å². The lowest BCUT2D eigenvalue weighted by atomic mass is 10.2. The fourth-order valence-electron chi connectivity index (χ4n) is 2.47. The molecule has 126 valence electrons. The van der Waals surface area contributed by atoms with Crippen LogP contribution in [0.25, 0.3) is 0 Å². The SMILES string of the molecule is NS(=O)(=O)c1ccc2c(c1)CCN2C(=O)COC(=O)c1ccn[nH]1. The Bertz CT molecular complexity index is 892. The molecule has 0 radical (unpaired) electrons. The predicted octanol–water partition coefficient (Wildman–Crippen LogP) is -0.197. The minimum absolute atomic E-state index is 0.00113. The van der Waals surface area contributed by atoms with E-state index in [1.807, 2.05) is 0 Å². The number of benzene rings is 1. The van der Waals surface area contributed by atoms with Gasteiger partial charge < -0.3 is 9.64 Å². The number of fused-ring (bicyclic) bond motifs is 1. The van der Waals surface area contributed by atoms with E-state index < -0.39 is 28.5 Å². The molecule has 0 aliphatic carbocycles. The number of hydrogen-bond donors (Lipinski definition) is 2. The van der Waals surface area contributed by atoms with Crippen LogP contribution in [0.1, 0.15) is 16.1 Å². The zero-order valence-electron chi connectivity index (χ0n) is 12.4. The summed E-state index contributed by atoms with van der Waals surface area (Å²) in [5.74, 6) is -1.07. The fraction of sp³-hybridized carbons (Fsp3) is 0.214. The summed E-state index contributed by atoms with van der Waals surface area (Å²) in [5, 5.41) is 11.2. The lowest BCUT2D eigenvalue weighted by Gasteiger charge is -2.17. The average molecular weight is 350 g/mol. The van der Waals surface area contributed by atoms with Crippen LogP contribution in [-0.2, 0) is 26.0 Å². The number of aromatic nitrogens is 2. The number of carbonyl (C=O) groups excluding carboxylic acids is 2. The number of anilines is 1. The van der Waals surface area contributed by atoms with Crippen LogP contribution in [0.2, 0.25) is 0 Å². The van der Waals surface area contributed by atoms with Gasteiger partial charge in [0.25, 0.3) is 5.91 Å². The van der Waals surface area contributed by atoms with Gasteiger partial charge in [0.05, 0.1) is 4.90 Å². The Morgan fingerprint density at radius 1 is 1.33 bits per heavy atom. The van der Waals surface area contributed by atoms with Crippen LogP contribution < -0.4 is 10.0 Å². The van der Waals surface area contributed by atoms with E-state index in [1.165, 1.54) is 35.4 Å². The summed E-state index contributed by atoms with van der Waals surface area (Å²) in [4.78, 5) is 25.4. The number of hydrogen-bond acceptors (Lipinski definition) is 6. The van der Waals surface area contributed by atoms with Crippen LogP contribution in [0.15, 0.2) is 35.4 Å². The Morgan fingerprint density at radius 2 is 2.12 bits per heavy atom. The summed E-state index contributed by atoms with van der Waals surface area (Å²) in [6.45, 7) is -0.0436. The van der Waals surface area contributed by atoms with Gasteiger partial charge in [0.2, 0.25) is 10.0 Å². The number of carbonyl (C=O) groups is 2. The van der Waals surface area contributed by atoms with Crippen LogP contribution in [0.4, 0.5) is 5.69 Å². The molecule has 2 heterocycles. The van der Waals surface area contributed by atoms with Crippen molar-refractivity contribution in [3.63, 3.8) is 0 Å². The smallest absolute Gasteiger partial charge is 0.356 e. The van der Waals surface area contributed by atoms with Crippen LogP contribution in [0, 0.1) is 0 Å². The zero-order chi connectivity index (χ0) is 17.3. The van der Waals surface area contributed by atoms with Crippen LogP contribution in [-0.4, -0.2) is 43.6 Å². The average Bonchev–Trinajstić information content (AvgIpc) is 3.20. The van der Waals surface area contributed by atoms with Gasteiger partial charge in [0, 0.05) is 18.4 Å². The first-order valence-corrected chi connectivity index (χ1v) is 8.53. The van der Waals surface area contributed by atoms with Gasteiger partial charge in [-0.3, -0.25) is 9.89 Å². The summed E-state index contributed by atoms with van der Waals surface area (Å²) in [7, 11) is -3.79. The highest BCUT2D eigenvalue weighted by Crippen LogP contribution is 2.30. The molecule has 1 amide bonds. The number of ether oxygens (including phenoxy) is 1. The minimum Gasteiger partial charge on any atom is -0.451 e. The highest BCUT2D eigenvalue weighted by Gasteiger charge is 2.26. The predicted molar refractivity (Wildman–Crippen MR) is 82.7 cm³/mol. The Hall–Kier alpha value is -2.72. The third kappa shape index (κ3) is 3.14. The van der Waals surface area contributed by atoms with Crippen molar-refractivity contribution in [3.05, 3.63) is 41.7 Å². The monoisotopic (exact) mass is 350 g/mol. The van der Waals surface area contributed by atoms with E-state index >= 15 is 0 Å². The maximum Gasteiger partial charge on any atom is 0.356 e. The molecule has 0 unspecified atom stereocenters. The first-order valence-electron chi connectivity index (χ1n) is 6.99. The van der Waals surface area contributed by atoms with Crippen molar-refractivity contribution in [2.24, 2.45) is 5.14 Å². The van der Waals surface area contributed by atoms with Gasteiger partial charge in [0.1, 0.15) is 5.69 Å². The van der Waals surface area contributed by atoms with Gasteiger partial charge in [-0.15, -0.1) is 0 Å². The third-order valence-electron chi connectivity index (χ3n) is 3.62. The number of aromatic amines is 1. The van der Waals surface area contributed by atoms with Gasteiger partial charge in [-0.05, 0) is 36.2 Å². The highest BCUT2D eigenvalue weighted by atomic mass is 32.2. The Labute approximate surface area is 137 Å². The molecule has 0 saturated carbocycles. The van der Waals surface area contributed by atoms with E-state index in [9.17, 15) is 18.0 Å². The summed E-state index contributed by atoms with van der Waals surface area (Å²) in [6, 6.07) is 5.76.